The van der Waals surface area contributed by atoms with Gasteiger partial charge in [0, 0.05) is 19.3 Å². The topological polar surface area (TPSA) is 78.9 Å². The maximum absolute atomic E-state index is 12.9. The largest absolute Gasteiger partial charge is 0.462 e. The molecule has 6 heteroatoms. The molecule has 0 bridgehead atoms. The molecule has 0 radical (unpaired) electrons. The van der Waals surface area contributed by atoms with Crippen LogP contribution in [0.25, 0.3) is 0 Å². The summed E-state index contributed by atoms with van der Waals surface area (Å²) in [4.78, 5) is 38.2. The van der Waals surface area contributed by atoms with Crippen LogP contribution in [-0.2, 0) is 28.6 Å². The maximum Gasteiger partial charge on any atom is 0.306 e. The highest BCUT2D eigenvalue weighted by Crippen LogP contribution is 2.13. The van der Waals surface area contributed by atoms with Gasteiger partial charge in [-0.05, 0) is 116 Å². The predicted octanol–water partition coefficient (Wildman–Crippen LogP) is 19.3. The van der Waals surface area contributed by atoms with Crippen molar-refractivity contribution in [1.82, 2.24) is 0 Å². The Balaban J connectivity index is 4.53. The summed E-state index contributed by atoms with van der Waals surface area (Å²) in [6.07, 6.45) is 78.9. The SMILES string of the molecule is CC/C=C\C/C=C\C/C=C\C/C=C\C/C=C\CCCCCC(=O)OCC(COC(=O)CCCCCCCC/C=C\C=C/CCCCC)OC(=O)CCCCCCC\C=C/C=C\C=C/CCCCCCC. The van der Waals surface area contributed by atoms with Crippen LogP contribution in [0, 0.1) is 0 Å². The Bertz CT molecular complexity index is 1490. The summed E-state index contributed by atoms with van der Waals surface area (Å²) >= 11 is 0. The first kappa shape index (κ1) is 65.8. The minimum absolute atomic E-state index is 0.106. The monoisotopic (exact) mass is 969 g/mol. The van der Waals surface area contributed by atoms with Crippen molar-refractivity contribution in [2.45, 2.75) is 252 Å². The van der Waals surface area contributed by atoms with E-state index in [0.717, 1.165) is 135 Å². The predicted molar refractivity (Wildman–Crippen MR) is 302 cm³/mol. The second kappa shape index (κ2) is 57.4. The molecule has 0 N–H and O–H groups in total. The minimum atomic E-state index is -0.812. The third-order valence-electron chi connectivity index (χ3n) is 11.8. The molecule has 396 valence electrons. The summed E-state index contributed by atoms with van der Waals surface area (Å²) in [5.41, 5.74) is 0. The first-order chi connectivity index (χ1) is 34.5. The van der Waals surface area contributed by atoms with E-state index >= 15 is 0 Å². The summed E-state index contributed by atoms with van der Waals surface area (Å²) in [7, 11) is 0. The van der Waals surface area contributed by atoms with Crippen molar-refractivity contribution in [2.75, 3.05) is 13.2 Å². The molecule has 0 fully saturated rings. The average Bonchev–Trinajstić information content (AvgIpc) is 3.36. The van der Waals surface area contributed by atoms with E-state index in [1.807, 2.05) is 0 Å². The van der Waals surface area contributed by atoms with Crippen LogP contribution in [0.5, 0.6) is 0 Å². The third-order valence-corrected chi connectivity index (χ3v) is 11.8. The quantitative estimate of drug-likeness (QED) is 0.0199. The number of hydrogen-bond acceptors (Lipinski definition) is 6. The molecule has 0 rings (SSSR count). The molecule has 0 amide bonds. The van der Waals surface area contributed by atoms with Crippen LogP contribution in [0.4, 0.5) is 0 Å². The van der Waals surface area contributed by atoms with Crippen molar-refractivity contribution >= 4 is 17.9 Å². The summed E-state index contributed by atoms with van der Waals surface area (Å²) in [5.74, 6) is -0.972. The summed E-state index contributed by atoms with van der Waals surface area (Å²) < 4.78 is 16.8. The van der Waals surface area contributed by atoms with Crippen molar-refractivity contribution in [1.29, 1.82) is 0 Å². The molecular weight excluding hydrogens is 865 g/mol. The number of esters is 3. The Labute approximate surface area is 431 Å². The average molecular weight is 970 g/mol. The highest BCUT2D eigenvalue weighted by atomic mass is 16.6. The zero-order valence-corrected chi connectivity index (χ0v) is 45.2. The lowest BCUT2D eigenvalue weighted by molar-refractivity contribution is -0.167. The normalized spacial score (nSPS) is 13.0. The van der Waals surface area contributed by atoms with E-state index in [4.69, 9.17) is 14.2 Å². The molecule has 1 atom stereocenters. The van der Waals surface area contributed by atoms with E-state index in [0.29, 0.717) is 19.3 Å². The van der Waals surface area contributed by atoms with Crippen LogP contribution < -0.4 is 0 Å². The molecule has 0 heterocycles. The van der Waals surface area contributed by atoms with Gasteiger partial charge in [0.25, 0.3) is 0 Å². The molecule has 0 aromatic carbocycles. The van der Waals surface area contributed by atoms with E-state index in [1.54, 1.807) is 0 Å². The Morgan fingerprint density at radius 3 is 1.04 bits per heavy atom. The molecule has 0 spiro atoms. The van der Waals surface area contributed by atoms with Crippen molar-refractivity contribution < 1.29 is 28.6 Å². The summed E-state index contributed by atoms with van der Waals surface area (Å²) in [6, 6.07) is 0. The molecular formula is C64H104O6. The molecule has 0 aromatic rings. The van der Waals surface area contributed by atoms with Crippen molar-refractivity contribution in [3.63, 3.8) is 0 Å². The molecule has 0 saturated heterocycles. The number of allylic oxidation sites excluding steroid dienone is 20. The van der Waals surface area contributed by atoms with E-state index < -0.39 is 6.10 Å². The van der Waals surface area contributed by atoms with Crippen LogP contribution in [0.15, 0.2) is 122 Å². The third kappa shape index (κ3) is 54.7. The van der Waals surface area contributed by atoms with Gasteiger partial charge in [0.05, 0.1) is 0 Å². The molecule has 6 nitrogen and oxygen atoms in total. The number of ether oxygens (including phenoxy) is 3. The fourth-order valence-electron chi connectivity index (χ4n) is 7.46. The van der Waals surface area contributed by atoms with Gasteiger partial charge in [-0.3, -0.25) is 14.4 Å². The highest BCUT2D eigenvalue weighted by Gasteiger charge is 2.19. The Hall–Kier alpha value is -4.19. The number of carbonyl (C=O) groups is 3. The van der Waals surface area contributed by atoms with Crippen LogP contribution in [-0.4, -0.2) is 37.2 Å². The van der Waals surface area contributed by atoms with Gasteiger partial charge in [-0.15, -0.1) is 0 Å². The zero-order chi connectivity index (χ0) is 50.7. The summed E-state index contributed by atoms with van der Waals surface area (Å²) in [6.45, 7) is 6.42. The van der Waals surface area contributed by atoms with Gasteiger partial charge in [0.15, 0.2) is 6.10 Å². The van der Waals surface area contributed by atoms with Crippen LogP contribution in [0.2, 0.25) is 0 Å². The van der Waals surface area contributed by atoms with Gasteiger partial charge in [-0.1, -0.05) is 232 Å². The van der Waals surface area contributed by atoms with Crippen LogP contribution >= 0.6 is 0 Å². The molecule has 0 saturated carbocycles. The van der Waals surface area contributed by atoms with Gasteiger partial charge in [-0.25, -0.2) is 0 Å². The van der Waals surface area contributed by atoms with Gasteiger partial charge in [-0.2, -0.15) is 0 Å². The molecule has 0 aliphatic carbocycles. The number of carbonyl (C=O) groups excluding carboxylic acids is 3. The van der Waals surface area contributed by atoms with E-state index in [-0.39, 0.29) is 31.1 Å². The molecule has 70 heavy (non-hydrogen) atoms. The fraction of sp³-hybridized carbons (Fsp3) is 0.641. The number of hydrogen-bond donors (Lipinski definition) is 0. The van der Waals surface area contributed by atoms with Crippen molar-refractivity contribution in [3.05, 3.63) is 122 Å². The summed E-state index contributed by atoms with van der Waals surface area (Å²) in [5, 5.41) is 0. The fourth-order valence-corrected chi connectivity index (χ4v) is 7.46. The number of rotatable bonds is 50. The van der Waals surface area contributed by atoms with E-state index in [1.165, 1.54) is 70.6 Å². The van der Waals surface area contributed by atoms with Crippen molar-refractivity contribution in [2.24, 2.45) is 0 Å². The minimum Gasteiger partial charge on any atom is -0.462 e. The van der Waals surface area contributed by atoms with E-state index in [9.17, 15) is 14.4 Å². The van der Waals surface area contributed by atoms with Crippen LogP contribution in [0.3, 0.4) is 0 Å². The Kier molecular flexibility index (Phi) is 54.0. The molecule has 0 aliphatic rings. The Morgan fingerprint density at radius 2 is 0.614 bits per heavy atom. The van der Waals surface area contributed by atoms with Gasteiger partial charge < -0.3 is 14.2 Å². The second-order valence-electron chi connectivity index (χ2n) is 18.5. The molecule has 0 aliphatic heterocycles. The first-order valence-corrected chi connectivity index (χ1v) is 28.6. The van der Waals surface area contributed by atoms with Gasteiger partial charge in [0.2, 0.25) is 0 Å². The first-order valence-electron chi connectivity index (χ1n) is 28.6. The second-order valence-corrected chi connectivity index (χ2v) is 18.5. The lowest BCUT2D eigenvalue weighted by Crippen LogP contribution is -2.30. The lowest BCUT2D eigenvalue weighted by atomic mass is 10.1. The molecule has 1 unspecified atom stereocenters. The Morgan fingerprint density at radius 1 is 0.314 bits per heavy atom. The lowest BCUT2D eigenvalue weighted by Gasteiger charge is -2.18. The van der Waals surface area contributed by atoms with Crippen molar-refractivity contribution in [3.8, 4) is 0 Å². The smallest absolute Gasteiger partial charge is 0.306 e. The van der Waals surface area contributed by atoms with Gasteiger partial charge >= 0.3 is 17.9 Å². The van der Waals surface area contributed by atoms with Crippen LogP contribution in [0.1, 0.15) is 245 Å². The van der Waals surface area contributed by atoms with E-state index in [2.05, 4.69) is 142 Å². The number of unbranched alkanes of at least 4 members (excludes halogenated alkanes) is 22. The zero-order valence-electron chi connectivity index (χ0n) is 45.2. The van der Waals surface area contributed by atoms with Gasteiger partial charge in [0.1, 0.15) is 13.2 Å². The highest BCUT2D eigenvalue weighted by molar-refractivity contribution is 5.71. The standard InChI is InChI=1S/C64H104O6/c1-4-7-10-13-16-19-22-25-28-30-32-34-36-39-42-45-48-51-54-57-63(66)69-60-61(59-68-62(65)56-53-50-47-44-41-38-35-27-24-21-18-15-12-9-6-3)70-64(67)58-55-52-49-46-43-40-37-33-31-29-26-23-20-17-14-11-8-5-2/h7,10,16,18-19,21,23-29,31-34,37,39,42,61H,4-6,8-9,11-15,17,20,22,30,35-36,38,40-41,43-60H2,1-3H3/b10-7-,19-16-,21-18-,26-23-,27-24-,28-25-,31-29-,34-32-,37-33-,42-39-. The molecule has 0 aromatic heterocycles. The maximum atomic E-state index is 12.9.